The lowest BCUT2D eigenvalue weighted by Crippen LogP contribution is -2.47. The molecule has 0 aromatic heterocycles. The molecule has 0 radical (unpaired) electrons. The molecule has 1 aliphatic heterocycles. The van der Waals surface area contributed by atoms with E-state index < -0.39 is 39.7 Å². The number of nitrogens with zero attached hydrogens (tertiary/aromatic N) is 3. The quantitative estimate of drug-likeness (QED) is 0.190. The Bertz CT molecular complexity index is 1720. The lowest BCUT2D eigenvalue weighted by Gasteiger charge is -2.30. The van der Waals surface area contributed by atoms with Crippen LogP contribution in [-0.4, -0.2) is 97.4 Å². The van der Waals surface area contributed by atoms with Gasteiger partial charge in [-0.2, -0.15) is 4.31 Å². The number of hydrogen-bond acceptors (Lipinski definition) is 7. The zero-order chi connectivity index (χ0) is 36.4. The van der Waals surface area contributed by atoms with Gasteiger partial charge in [-0.15, -0.1) is 24.8 Å². The molecule has 4 N–H and O–H groups in total. The van der Waals surface area contributed by atoms with Crippen LogP contribution in [0, 0.1) is 11.6 Å². The molecule has 2 atom stereocenters. The van der Waals surface area contributed by atoms with Crippen molar-refractivity contribution in [1.29, 1.82) is 0 Å². The topological polar surface area (TPSA) is 136 Å². The molecule has 0 saturated carbocycles. The maximum atomic E-state index is 14.5. The molecule has 1 aliphatic rings. The van der Waals surface area contributed by atoms with Crippen molar-refractivity contribution in [3.05, 3.63) is 100 Å². The number of sulfonamides is 1. The molecule has 1 fully saturated rings. The predicted octanol–water partition coefficient (Wildman–Crippen LogP) is 4.80. The van der Waals surface area contributed by atoms with Gasteiger partial charge in [0.1, 0.15) is 11.6 Å². The second-order valence-corrected chi connectivity index (χ2v) is 14.7. The summed E-state index contributed by atoms with van der Waals surface area (Å²) in [6, 6.07) is 13.7. The van der Waals surface area contributed by atoms with E-state index in [-0.39, 0.29) is 84.9 Å². The number of nitrogens with one attached hydrogen (secondary N) is 1. The molecule has 0 bridgehead atoms. The van der Waals surface area contributed by atoms with Crippen LogP contribution in [0.25, 0.3) is 0 Å². The molecule has 52 heavy (non-hydrogen) atoms. The maximum absolute atomic E-state index is 14.5. The summed E-state index contributed by atoms with van der Waals surface area (Å²) < 4.78 is 56.9. The molecule has 3 aromatic carbocycles. The highest BCUT2D eigenvalue weighted by Gasteiger charge is 2.31. The first-order chi connectivity index (χ1) is 23.9. The molecule has 0 unspecified atom stereocenters. The van der Waals surface area contributed by atoms with Crippen molar-refractivity contribution in [3.63, 3.8) is 0 Å². The number of rotatable bonds is 16. The van der Waals surface area contributed by atoms with Crippen molar-refractivity contribution in [1.82, 2.24) is 19.4 Å². The van der Waals surface area contributed by atoms with Crippen molar-refractivity contribution in [2.45, 2.75) is 70.0 Å². The van der Waals surface area contributed by atoms with Gasteiger partial charge in [-0.3, -0.25) is 9.59 Å². The number of carbonyl (C=O) groups excluding carboxylic acids is 2. The van der Waals surface area contributed by atoms with Gasteiger partial charge < -0.3 is 26.0 Å². The predicted molar refractivity (Wildman–Crippen MR) is 204 cm³/mol. The Morgan fingerprint density at radius 1 is 0.846 bits per heavy atom. The number of hydrogen-bond donors (Lipinski definition) is 3. The van der Waals surface area contributed by atoms with Gasteiger partial charge in [-0.05, 0) is 72.7 Å². The van der Waals surface area contributed by atoms with Gasteiger partial charge in [0, 0.05) is 75.6 Å². The second-order valence-electron chi connectivity index (χ2n) is 12.8. The van der Waals surface area contributed by atoms with Gasteiger partial charge in [-0.1, -0.05) is 45.0 Å². The van der Waals surface area contributed by atoms with Crippen molar-refractivity contribution in [2.24, 2.45) is 5.73 Å². The van der Waals surface area contributed by atoms with Crippen LogP contribution in [0.2, 0.25) is 0 Å². The van der Waals surface area contributed by atoms with Gasteiger partial charge in [-0.25, -0.2) is 17.2 Å². The lowest BCUT2D eigenvalue weighted by molar-refractivity contribution is 0.0554. The van der Waals surface area contributed by atoms with E-state index in [0.29, 0.717) is 39.0 Å². The molecule has 10 nitrogen and oxygen atoms in total. The maximum Gasteiger partial charge on any atom is 0.254 e. The van der Waals surface area contributed by atoms with Gasteiger partial charge in [0.05, 0.1) is 11.0 Å². The van der Waals surface area contributed by atoms with E-state index in [0.717, 1.165) is 35.7 Å². The van der Waals surface area contributed by atoms with Crippen LogP contribution in [0.4, 0.5) is 8.78 Å². The third kappa shape index (κ3) is 11.9. The van der Waals surface area contributed by atoms with E-state index in [1.54, 1.807) is 4.90 Å². The first kappa shape index (κ1) is 45.0. The number of aliphatic hydroxyl groups is 1. The van der Waals surface area contributed by atoms with Gasteiger partial charge in [0.25, 0.3) is 11.8 Å². The van der Waals surface area contributed by atoms with Crippen LogP contribution < -0.4 is 11.1 Å². The SMILES string of the molecule is CCCN(CCC)C(=O)c1cc(C(=O)N(Cc2cccc(CC)c2)C[C@@H](O)[C@@H](N)Cc2cc(F)cc(F)c2)cc(S(=O)(=O)N2CCNCC2)c1.Cl.Cl. The fourth-order valence-corrected chi connectivity index (χ4v) is 7.65. The van der Waals surface area contributed by atoms with E-state index in [4.69, 9.17) is 5.73 Å². The summed E-state index contributed by atoms with van der Waals surface area (Å²) in [6.45, 7) is 8.00. The Morgan fingerprint density at radius 2 is 1.40 bits per heavy atom. The molecule has 0 aliphatic carbocycles. The zero-order valence-corrected chi connectivity index (χ0v) is 32.3. The first-order valence-electron chi connectivity index (χ1n) is 17.3. The lowest BCUT2D eigenvalue weighted by atomic mass is 10.0. The number of piperazine rings is 1. The van der Waals surface area contributed by atoms with E-state index >= 15 is 0 Å². The average molecular weight is 787 g/mol. The number of halogens is 4. The molecule has 3 aromatic rings. The summed E-state index contributed by atoms with van der Waals surface area (Å²) in [4.78, 5) is 31.2. The summed E-state index contributed by atoms with van der Waals surface area (Å²) in [5.41, 5.74) is 8.41. The number of aryl methyl sites for hydroxylation is 1. The molecule has 1 saturated heterocycles. The highest BCUT2D eigenvalue weighted by molar-refractivity contribution is 7.89. The summed E-state index contributed by atoms with van der Waals surface area (Å²) >= 11 is 0. The van der Waals surface area contributed by atoms with E-state index in [9.17, 15) is 31.9 Å². The average Bonchev–Trinajstić information content (AvgIpc) is 3.10. The number of aliphatic hydroxyl groups excluding tert-OH is 1. The van der Waals surface area contributed by atoms with Crippen LogP contribution in [-0.2, 0) is 29.4 Å². The van der Waals surface area contributed by atoms with Crippen LogP contribution in [0.1, 0.15) is 71.0 Å². The van der Waals surface area contributed by atoms with Crippen molar-refractivity contribution in [2.75, 3.05) is 45.8 Å². The first-order valence-corrected chi connectivity index (χ1v) is 18.7. The highest BCUT2D eigenvalue weighted by Crippen LogP contribution is 2.24. The number of benzene rings is 3. The molecule has 2 amide bonds. The minimum Gasteiger partial charge on any atom is -0.390 e. The Labute approximate surface area is 318 Å². The minimum absolute atomic E-state index is 0. The van der Waals surface area contributed by atoms with Crippen LogP contribution in [0.3, 0.4) is 0 Å². The van der Waals surface area contributed by atoms with Crippen LogP contribution in [0.5, 0.6) is 0 Å². The molecular formula is C37H51Cl2F2N5O5S. The van der Waals surface area contributed by atoms with Gasteiger partial charge >= 0.3 is 0 Å². The van der Waals surface area contributed by atoms with Gasteiger partial charge in [0.2, 0.25) is 10.0 Å². The monoisotopic (exact) mass is 785 g/mol. The molecule has 15 heteroatoms. The Balaban J connectivity index is 0.00000468. The number of amides is 2. The smallest absolute Gasteiger partial charge is 0.254 e. The third-order valence-corrected chi connectivity index (χ3v) is 10.6. The Kier molecular flexibility index (Phi) is 18.1. The second kappa shape index (κ2) is 20.9. The van der Waals surface area contributed by atoms with E-state index in [1.807, 2.05) is 45.0 Å². The number of carbonyl (C=O) groups is 2. The third-order valence-electron chi connectivity index (χ3n) is 8.74. The number of nitrogens with two attached hydrogens (primary N) is 1. The van der Waals surface area contributed by atoms with Crippen molar-refractivity contribution >= 4 is 46.7 Å². The molecular weight excluding hydrogens is 735 g/mol. The summed E-state index contributed by atoms with van der Waals surface area (Å²) in [5, 5.41) is 14.4. The normalized spacial score (nSPS) is 14.4. The zero-order valence-electron chi connectivity index (χ0n) is 29.9. The van der Waals surface area contributed by atoms with Gasteiger partial charge in [0.15, 0.2) is 0 Å². The van der Waals surface area contributed by atoms with Crippen LogP contribution >= 0.6 is 24.8 Å². The Morgan fingerprint density at radius 3 is 1.96 bits per heavy atom. The molecule has 1 heterocycles. The fourth-order valence-electron chi connectivity index (χ4n) is 6.13. The fraction of sp³-hybridized carbons (Fsp3) is 0.459. The summed E-state index contributed by atoms with van der Waals surface area (Å²) in [5.74, 6) is -2.54. The minimum atomic E-state index is -4.07. The molecule has 4 rings (SSSR count). The summed E-state index contributed by atoms with van der Waals surface area (Å²) in [7, 11) is -4.07. The standard InChI is InChI=1S/C37H49F2N5O5S.2ClH/c1-4-12-42(13-5-2)36(46)29-20-30(22-33(21-29)50(48,49)44-14-10-41-11-15-44)37(47)43(24-27-9-7-8-26(6-3)16-27)25-35(45)34(40)19-28-17-31(38)23-32(39)18-28;;/h7-9,16-18,20-23,34-35,41,45H,4-6,10-15,19,24-25,40H2,1-3H3;2*1H/t34-,35+;;/m0../s1. The van der Waals surface area contributed by atoms with E-state index in [2.05, 4.69) is 5.32 Å². The van der Waals surface area contributed by atoms with Crippen molar-refractivity contribution < 1.29 is 31.9 Å². The van der Waals surface area contributed by atoms with Crippen molar-refractivity contribution in [3.8, 4) is 0 Å². The molecule has 288 valence electrons. The largest absolute Gasteiger partial charge is 0.390 e. The van der Waals surface area contributed by atoms with Crippen LogP contribution in [0.15, 0.2) is 65.6 Å². The highest BCUT2D eigenvalue weighted by atomic mass is 35.5. The summed E-state index contributed by atoms with van der Waals surface area (Å²) in [6.07, 6.45) is 0.759. The Hall–Kier alpha value is -3.17. The molecule has 0 spiro atoms. The van der Waals surface area contributed by atoms with E-state index in [1.165, 1.54) is 27.4 Å².